The van der Waals surface area contributed by atoms with Crippen LogP contribution in [0.3, 0.4) is 0 Å². The maximum atomic E-state index is 12.2. The van der Waals surface area contributed by atoms with Crippen LogP contribution in [0.1, 0.15) is 17.3 Å². The van der Waals surface area contributed by atoms with Crippen molar-refractivity contribution in [2.45, 2.75) is 17.1 Å². The lowest BCUT2D eigenvalue weighted by Crippen LogP contribution is -2.22. The van der Waals surface area contributed by atoms with Crippen molar-refractivity contribution >= 4 is 35.0 Å². The van der Waals surface area contributed by atoms with Gasteiger partial charge in [0.15, 0.2) is 0 Å². The predicted molar refractivity (Wildman–Crippen MR) is 92.0 cm³/mol. The van der Waals surface area contributed by atoms with Crippen molar-refractivity contribution in [2.24, 2.45) is 5.73 Å². The molecule has 2 rings (SSSR count). The number of nitrogens with two attached hydrogens (primary N) is 1. The normalized spacial score (nSPS) is 11.5. The Morgan fingerprint density at radius 1 is 1.12 bits per heavy atom. The van der Waals surface area contributed by atoms with E-state index in [2.05, 4.69) is 5.32 Å². The van der Waals surface area contributed by atoms with E-state index in [1.54, 1.807) is 31.2 Å². The molecule has 0 unspecified atom stereocenters. The number of nitrogens with zero attached hydrogens (tertiary/aromatic N) is 1. The molecule has 2 aromatic rings. The van der Waals surface area contributed by atoms with Crippen molar-refractivity contribution in [2.75, 3.05) is 5.32 Å². The molecule has 0 aliphatic rings. The predicted octanol–water partition coefficient (Wildman–Crippen LogP) is 2.81. The van der Waals surface area contributed by atoms with Crippen LogP contribution in [0, 0.1) is 10.1 Å². The van der Waals surface area contributed by atoms with E-state index < -0.39 is 16.1 Å². The van der Waals surface area contributed by atoms with Gasteiger partial charge in [-0.1, -0.05) is 0 Å². The van der Waals surface area contributed by atoms with Crippen LogP contribution in [0.15, 0.2) is 53.4 Å². The summed E-state index contributed by atoms with van der Waals surface area (Å²) in [6.45, 7) is 1.74. The largest absolute Gasteiger partial charge is 0.366 e. The van der Waals surface area contributed by atoms with Gasteiger partial charge in [-0.25, -0.2) is 0 Å². The van der Waals surface area contributed by atoms with E-state index in [9.17, 15) is 19.7 Å². The molecule has 2 aromatic carbocycles. The highest BCUT2D eigenvalue weighted by molar-refractivity contribution is 8.00. The van der Waals surface area contributed by atoms with Gasteiger partial charge in [0.2, 0.25) is 11.8 Å². The molecule has 0 saturated carbocycles. The summed E-state index contributed by atoms with van der Waals surface area (Å²) in [5.74, 6) is -0.750. The van der Waals surface area contributed by atoms with Gasteiger partial charge in [0, 0.05) is 28.3 Å². The minimum Gasteiger partial charge on any atom is -0.366 e. The van der Waals surface area contributed by atoms with Crippen LogP contribution in [0.2, 0.25) is 0 Å². The number of carbonyl (C=O) groups excluding carboxylic acids is 2. The van der Waals surface area contributed by atoms with Crippen molar-refractivity contribution in [3.8, 4) is 0 Å². The van der Waals surface area contributed by atoms with Crippen molar-refractivity contribution in [3.05, 3.63) is 64.2 Å². The molecule has 7 nitrogen and oxygen atoms in total. The standard InChI is InChI=1S/C16H15N3O4S/c1-10(24-14-8-6-13(7-9-14)19(22)23)16(21)18-12-4-2-11(3-5-12)15(17)20/h2-10H,1H3,(H2,17,20)(H,18,21)/t10-/m0/s1. The number of anilines is 1. The fraction of sp³-hybridized carbons (Fsp3) is 0.125. The molecule has 1 atom stereocenters. The number of carbonyl (C=O) groups is 2. The summed E-state index contributed by atoms with van der Waals surface area (Å²) in [6, 6.07) is 12.3. The lowest BCUT2D eigenvalue weighted by atomic mass is 10.2. The van der Waals surface area contributed by atoms with Crippen LogP contribution < -0.4 is 11.1 Å². The first-order chi connectivity index (χ1) is 11.4. The zero-order valence-corrected chi connectivity index (χ0v) is 13.6. The molecule has 0 aliphatic carbocycles. The molecule has 24 heavy (non-hydrogen) atoms. The Bertz CT molecular complexity index is 760. The molecule has 0 heterocycles. The summed E-state index contributed by atoms with van der Waals surface area (Å²) in [5, 5.41) is 13.0. The minimum absolute atomic E-state index is 0.00555. The van der Waals surface area contributed by atoms with E-state index in [1.807, 2.05) is 0 Å². The van der Waals surface area contributed by atoms with Crippen LogP contribution in [0.5, 0.6) is 0 Å². The molecule has 0 aliphatic heterocycles. The molecule has 124 valence electrons. The summed E-state index contributed by atoms with van der Waals surface area (Å²) < 4.78 is 0. The Balaban J connectivity index is 1.96. The quantitative estimate of drug-likeness (QED) is 0.474. The fourth-order valence-corrected chi connectivity index (χ4v) is 2.73. The Labute approximate surface area is 142 Å². The fourth-order valence-electron chi connectivity index (χ4n) is 1.87. The number of non-ortho nitro benzene ring substituents is 1. The number of primary amides is 1. The van der Waals surface area contributed by atoms with Gasteiger partial charge in [0.05, 0.1) is 10.2 Å². The Hall–Kier alpha value is -2.87. The summed E-state index contributed by atoms with van der Waals surface area (Å²) in [7, 11) is 0. The highest BCUT2D eigenvalue weighted by Crippen LogP contribution is 2.26. The summed E-state index contributed by atoms with van der Waals surface area (Å²) in [4.78, 5) is 34.1. The number of rotatable bonds is 6. The molecule has 0 aromatic heterocycles. The van der Waals surface area contributed by atoms with Crippen molar-refractivity contribution < 1.29 is 14.5 Å². The Morgan fingerprint density at radius 2 is 1.71 bits per heavy atom. The van der Waals surface area contributed by atoms with Gasteiger partial charge in [-0.15, -0.1) is 11.8 Å². The van der Waals surface area contributed by atoms with Gasteiger partial charge in [0.25, 0.3) is 5.69 Å². The number of nitro groups is 1. The number of nitrogens with one attached hydrogen (secondary N) is 1. The second-order valence-corrected chi connectivity index (χ2v) is 6.36. The van der Waals surface area contributed by atoms with Gasteiger partial charge in [0.1, 0.15) is 0 Å². The maximum Gasteiger partial charge on any atom is 0.269 e. The monoisotopic (exact) mass is 345 g/mol. The Kier molecular flexibility index (Phi) is 5.54. The van der Waals surface area contributed by atoms with Crippen LogP contribution in [0.4, 0.5) is 11.4 Å². The lowest BCUT2D eigenvalue weighted by molar-refractivity contribution is -0.384. The molecule has 0 bridgehead atoms. The smallest absolute Gasteiger partial charge is 0.269 e. The molecular weight excluding hydrogens is 330 g/mol. The van der Waals surface area contributed by atoms with Gasteiger partial charge in [-0.2, -0.15) is 0 Å². The third-order valence-electron chi connectivity index (χ3n) is 3.17. The molecule has 0 fully saturated rings. The topological polar surface area (TPSA) is 115 Å². The number of amides is 2. The van der Waals surface area contributed by atoms with Gasteiger partial charge in [-0.3, -0.25) is 19.7 Å². The lowest BCUT2D eigenvalue weighted by Gasteiger charge is -2.12. The van der Waals surface area contributed by atoms with Gasteiger partial charge < -0.3 is 11.1 Å². The van der Waals surface area contributed by atoms with Crippen LogP contribution in [0.25, 0.3) is 0 Å². The Morgan fingerprint density at radius 3 is 2.21 bits per heavy atom. The molecule has 0 spiro atoms. The van der Waals surface area contributed by atoms with Crippen LogP contribution >= 0.6 is 11.8 Å². The van der Waals surface area contributed by atoms with E-state index in [-0.39, 0.29) is 11.6 Å². The van der Waals surface area contributed by atoms with Crippen LogP contribution in [-0.4, -0.2) is 22.0 Å². The minimum atomic E-state index is -0.532. The molecule has 3 N–H and O–H groups in total. The zero-order valence-electron chi connectivity index (χ0n) is 12.8. The van der Waals surface area contributed by atoms with Gasteiger partial charge in [-0.05, 0) is 43.3 Å². The second kappa shape index (κ2) is 7.60. The number of thioether (sulfide) groups is 1. The number of hydrogen-bond acceptors (Lipinski definition) is 5. The second-order valence-electron chi connectivity index (χ2n) is 4.94. The van der Waals surface area contributed by atoms with Gasteiger partial charge >= 0.3 is 0 Å². The average Bonchev–Trinajstić information content (AvgIpc) is 2.55. The third-order valence-corrected chi connectivity index (χ3v) is 4.28. The van der Waals surface area contributed by atoms with Crippen molar-refractivity contribution in [3.63, 3.8) is 0 Å². The first kappa shape index (κ1) is 17.5. The van der Waals surface area contributed by atoms with E-state index in [0.29, 0.717) is 11.3 Å². The molecule has 8 heteroatoms. The van der Waals surface area contributed by atoms with E-state index in [4.69, 9.17) is 5.73 Å². The van der Waals surface area contributed by atoms with E-state index in [0.717, 1.165) is 4.90 Å². The summed E-state index contributed by atoms with van der Waals surface area (Å²) in [5.41, 5.74) is 6.08. The van der Waals surface area contributed by atoms with E-state index >= 15 is 0 Å². The van der Waals surface area contributed by atoms with Crippen molar-refractivity contribution in [1.29, 1.82) is 0 Å². The summed E-state index contributed by atoms with van der Waals surface area (Å²) >= 11 is 1.29. The molecule has 0 saturated heterocycles. The summed E-state index contributed by atoms with van der Waals surface area (Å²) in [6.07, 6.45) is 0. The third kappa shape index (κ3) is 4.56. The first-order valence-corrected chi connectivity index (χ1v) is 7.86. The number of hydrogen-bond donors (Lipinski definition) is 2. The first-order valence-electron chi connectivity index (χ1n) is 6.98. The average molecular weight is 345 g/mol. The molecular formula is C16H15N3O4S. The maximum absolute atomic E-state index is 12.2. The van der Waals surface area contributed by atoms with Crippen LogP contribution in [-0.2, 0) is 4.79 Å². The molecule has 0 radical (unpaired) electrons. The zero-order chi connectivity index (χ0) is 17.7. The highest BCUT2D eigenvalue weighted by atomic mass is 32.2. The number of benzene rings is 2. The highest BCUT2D eigenvalue weighted by Gasteiger charge is 2.15. The van der Waals surface area contributed by atoms with Crippen molar-refractivity contribution in [1.82, 2.24) is 0 Å². The number of nitro benzene ring substituents is 1. The SMILES string of the molecule is C[C@H](Sc1ccc([N+](=O)[O-])cc1)C(=O)Nc1ccc(C(N)=O)cc1. The van der Waals surface area contributed by atoms with E-state index in [1.165, 1.54) is 36.0 Å². The molecule has 2 amide bonds.